The number of hydrogen-bond donors (Lipinski definition) is 1. The quantitative estimate of drug-likeness (QED) is 0.324. The first-order chi connectivity index (χ1) is 16.6. The topological polar surface area (TPSA) is 83.7 Å². The van der Waals surface area contributed by atoms with E-state index in [0.29, 0.717) is 33.1 Å². The number of benzene rings is 2. The van der Waals surface area contributed by atoms with Crippen molar-refractivity contribution in [1.29, 1.82) is 5.26 Å². The second-order valence-corrected chi connectivity index (χ2v) is 9.62. The minimum atomic E-state index is -0.130. The van der Waals surface area contributed by atoms with Gasteiger partial charge in [-0.05, 0) is 83.9 Å². The predicted octanol–water partition coefficient (Wildman–Crippen LogP) is 6.69. The van der Waals surface area contributed by atoms with Crippen LogP contribution in [-0.2, 0) is 12.8 Å². The van der Waals surface area contributed by atoms with Crippen LogP contribution in [0, 0.1) is 11.3 Å². The van der Waals surface area contributed by atoms with Gasteiger partial charge in [0.25, 0.3) is 5.91 Å². The number of anilines is 1. The highest BCUT2D eigenvalue weighted by Gasteiger charge is 2.25. The number of nitrogens with zero attached hydrogens (tertiary/aromatic N) is 2. The molecule has 3 aromatic rings. The van der Waals surface area contributed by atoms with Crippen LogP contribution in [0.5, 0.6) is 11.5 Å². The number of amides is 1. The second-order valence-electron chi connectivity index (χ2n) is 7.68. The number of ether oxygens (including phenoxy) is 2. The zero-order valence-electron chi connectivity index (χ0n) is 18.8. The molecule has 0 spiro atoms. The summed E-state index contributed by atoms with van der Waals surface area (Å²) in [6.07, 6.45) is 5.81. The lowest BCUT2D eigenvalue weighted by molar-refractivity contribution is 0.102. The summed E-state index contributed by atoms with van der Waals surface area (Å²) >= 11 is 5.10. The summed E-state index contributed by atoms with van der Waals surface area (Å²) < 4.78 is 11.9. The maximum Gasteiger partial charge on any atom is 0.259 e. The van der Waals surface area contributed by atoms with Gasteiger partial charge in [-0.1, -0.05) is 18.2 Å². The number of thiophene rings is 1. The van der Waals surface area contributed by atoms with Crippen LogP contribution in [0.4, 0.5) is 10.7 Å². The zero-order chi connectivity index (χ0) is 23.9. The monoisotopic (exact) mass is 537 g/mol. The number of carbonyl (C=O) groups excluding carboxylic acids is 1. The van der Waals surface area contributed by atoms with E-state index < -0.39 is 0 Å². The largest absolute Gasteiger partial charge is 0.490 e. The molecule has 0 bridgehead atoms. The molecule has 1 aliphatic rings. The molecule has 2 aromatic carbocycles. The molecule has 1 aliphatic carbocycles. The molecule has 1 amide bonds. The van der Waals surface area contributed by atoms with Crippen LogP contribution in [0.15, 0.2) is 51.9 Å². The molecule has 1 aromatic heterocycles. The summed E-state index contributed by atoms with van der Waals surface area (Å²) in [6.45, 7) is 2.26. The van der Waals surface area contributed by atoms with Crippen LogP contribution >= 0.6 is 27.3 Å². The Bertz CT molecular complexity index is 1250. The normalized spacial score (nSPS) is 12.7. The summed E-state index contributed by atoms with van der Waals surface area (Å²) in [5, 5.41) is 12.6. The molecule has 1 N–H and O–H groups in total. The number of rotatable bonds is 8. The molecule has 0 saturated carbocycles. The van der Waals surface area contributed by atoms with Crippen molar-refractivity contribution < 1.29 is 14.3 Å². The third kappa shape index (κ3) is 5.49. The zero-order valence-corrected chi connectivity index (χ0v) is 21.2. The van der Waals surface area contributed by atoms with Crippen LogP contribution in [0.1, 0.15) is 46.1 Å². The highest BCUT2D eigenvalue weighted by atomic mass is 79.9. The van der Waals surface area contributed by atoms with E-state index >= 15 is 0 Å². The molecule has 0 atom stereocenters. The number of halogens is 1. The Morgan fingerprint density at radius 3 is 2.79 bits per heavy atom. The fourth-order valence-electron chi connectivity index (χ4n) is 3.89. The lowest BCUT2D eigenvalue weighted by Crippen LogP contribution is -2.14. The van der Waals surface area contributed by atoms with E-state index in [9.17, 15) is 4.79 Å². The van der Waals surface area contributed by atoms with Gasteiger partial charge >= 0.3 is 0 Å². The number of carbonyl (C=O) groups is 1. The van der Waals surface area contributed by atoms with Crippen LogP contribution in [0.3, 0.4) is 0 Å². The molecule has 4 rings (SSSR count). The first-order valence-corrected chi connectivity index (χ1v) is 12.7. The van der Waals surface area contributed by atoms with Crippen molar-refractivity contribution in [1.82, 2.24) is 0 Å². The molecule has 0 radical (unpaired) electrons. The van der Waals surface area contributed by atoms with E-state index in [1.165, 1.54) is 4.88 Å². The molecule has 34 heavy (non-hydrogen) atoms. The van der Waals surface area contributed by atoms with E-state index in [-0.39, 0.29) is 12.5 Å². The van der Waals surface area contributed by atoms with Gasteiger partial charge in [-0.25, -0.2) is 4.99 Å². The van der Waals surface area contributed by atoms with Crippen molar-refractivity contribution in [2.24, 2.45) is 4.99 Å². The highest BCUT2D eigenvalue weighted by Crippen LogP contribution is 2.41. The number of para-hydroxylation sites is 1. The van der Waals surface area contributed by atoms with Gasteiger partial charge in [0.15, 0.2) is 18.1 Å². The number of aryl methyl sites for hydroxylation is 1. The Kier molecular flexibility index (Phi) is 7.99. The average molecular weight is 538 g/mol. The lowest BCUT2D eigenvalue weighted by Gasteiger charge is -2.13. The molecule has 0 fully saturated rings. The van der Waals surface area contributed by atoms with Crippen LogP contribution < -0.4 is 14.8 Å². The molecule has 8 heteroatoms. The van der Waals surface area contributed by atoms with Crippen molar-refractivity contribution in [3.05, 3.63) is 68.5 Å². The number of aliphatic imine (C=N–C) groups is 1. The lowest BCUT2D eigenvalue weighted by atomic mass is 9.95. The second kappa shape index (κ2) is 11.3. The minimum Gasteiger partial charge on any atom is -0.490 e. The van der Waals surface area contributed by atoms with Crippen LogP contribution in [0.25, 0.3) is 0 Å². The number of hydrogen-bond acceptors (Lipinski definition) is 6. The molecule has 0 saturated heterocycles. The first-order valence-electron chi connectivity index (χ1n) is 11.1. The summed E-state index contributed by atoms with van der Waals surface area (Å²) in [4.78, 5) is 19.3. The van der Waals surface area contributed by atoms with E-state index in [2.05, 4.69) is 21.2 Å². The average Bonchev–Trinajstić information content (AvgIpc) is 3.22. The molecule has 174 valence electrons. The molecule has 0 unspecified atom stereocenters. The van der Waals surface area contributed by atoms with Gasteiger partial charge in [0.1, 0.15) is 11.1 Å². The number of fused-ring (bicyclic) bond motifs is 1. The number of nitriles is 1. The van der Waals surface area contributed by atoms with Gasteiger partial charge in [-0.15, -0.1) is 11.3 Å². The summed E-state index contributed by atoms with van der Waals surface area (Å²) in [6, 6.07) is 15.1. The molecular weight excluding hydrogens is 514 g/mol. The minimum absolute atomic E-state index is 0.0766. The molecule has 6 nitrogen and oxygen atoms in total. The number of nitrogens with one attached hydrogen (secondary N) is 1. The Morgan fingerprint density at radius 1 is 1.24 bits per heavy atom. The molecule has 1 heterocycles. The Balaban J connectivity index is 1.67. The van der Waals surface area contributed by atoms with Crippen molar-refractivity contribution in [2.75, 3.05) is 18.5 Å². The predicted molar refractivity (Wildman–Crippen MR) is 139 cm³/mol. The van der Waals surface area contributed by atoms with Crippen LogP contribution in [-0.4, -0.2) is 25.3 Å². The van der Waals surface area contributed by atoms with Crippen molar-refractivity contribution in [3.8, 4) is 17.6 Å². The highest BCUT2D eigenvalue weighted by molar-refractivity contribution is 9.10. The standard InChI is InChI=1S/C26H24BrN3O3S/c1-2-32-21-15-17(14-20(27)24(21)33-13-12-28)16-29-26-23(19-10-6-7-11-22(19)34-26)25(31)30-18-8-4-3-5-9-18/h3-5,8-9,14-16H,2,6-7,10-11,13H2,1H3,(H,30,31). The van der Waals surface area contributed by atoms with E-state index in [4.69, 9.17) is 19.7 Å². The third-order valence-corrected chi connectivity index (χ3v) is 7.14. The van der Waals surface area contributed by atoms with Gasteiger partial charge in [0, 0.05) is 16.8 Å². The summed E-state index contributed by atoms with van der Waals surface area (Å²) in [7, 11) is 0. The van der Waals surface area contributed by atoms with E-state index in [1.54, 1.807) is 17.6 Å². The van der Waals surface area contributed by atoms with E-state index in [0.717, 1.165) is 42.5 Å². The van der Waals surface area contributed by atoms with Gasteiger partial charge in [-0.3, -0.25) is 4.79 Å². The summed E-state index contributed by atoms with van der Waals surface area (Å²) in [5.41, 5.74) is 3.34. The fraction of sp³-hybridized carbons (Fsp3) is 0.269. The van der Waals surface area contributed by atoms with Crippen molar-refractivity contribution in [3.63, 3.8) is 0 Å². The van der Waals surface area contributed by atoms with Gasteiger partial charge in [0.05, 0.1) is 16.6 Å². The maximum atomic E-state index is 13.3. The van der Waals surface area contributed by atoms with Gasteiger partial charge in [-0.2, -0.15) is 5.26 Å². The summed E-state index contributed by atoms with van der Waals surface area (Å²) in [5.74, 6) is 0.880. The Morgan fingerprint density at radius 2 is 2.03 bits per heavy atom. The molecule has 0 aliphatic heterocycles. The smallest absolute Gasteiger partial charge is 0.259 e. The van der Waals surface area contributed by atoms with Crippen molar-refractivity contribution >= 4 is 50.1 Å². The Hall–Kier alpha value is -3.15. The van der Waals surface area contributed by atoms with E-state index in [1.807, 2.05) is 55.5 Å². The van der Waals surface area contributed by atoms with Gasteiger partial charge in [0.2, 0.25) is 0 Å². The van der Waals surface area contributed by atoms with Gasteiger partial charge < -0.3 is 14.8 Å². The third-order valence-electron chi connectivity index (χ3n) is 5.36. The van der Waals surface area contributed by atoms with Crippen molar-refractivity contribution in [2.45, 2.75) is 32.6 Å². The maximum absolute atomic E-state index is 13.3. The molecular formula is C26H24BrN3O3S. The Labute approximate surface area is 211 Å². The fourth-order valence-corrected chi connectivity index (χ4v) is 5.70. The van der Waals surface area contributed by atoms with Crippen LogP contribution in [0.2, 0.25) is 0 Å². The first kappa shape index (κ1) is 24.0. The SMILES string of the molecule is CCOc1cc(C=Nc2sc3c(c2C(=O)Nc2ccccc2)CCCC3)cc(Br)c1OCC#N.